The van der Waals surface area contributed by atoms with Gasteiger partial charge in [-0.3, -0.25) is 9.59 Å². The molecule has 1 aromatic heterocycles. The van der Waals surface area contributed by atoms with Crippen molar-refractivity contribution >= 4 is 17.5 Å². The lowest BCUT2D eigenvalue weighted by atomic mass is 9.89. The van der Waals surface area contributed by atoms with Crippen molar-refractivity contribution < 1.29 is 9.59 Å². The van der Waals surface area contributed by atoms with Crippen LogP contribution in [0.25, 0.3) is 0 Å². The van der Waals surface area contributed by atoms with Crippen LogP contribution >= 0.6 is 0 Å². The Labute approximate surface area is 163 Å². The van der Waals surface area contributed by atoms with E-state index in [2.05, 4.69) is 23.7 Å². The average molecular weight is 372 g/mol. The van der Waals surface area contributed by atoms with E-state index in [4.69, 9.17) is 0 Å². The van der Waals surface area contributed by atoms with Gasteiger partial charge in [-0.05, 0) is 43.7 Å². The maximum Gasteiger partial charge on any atom is 0.255 e. The molecule has 0 bridgehead atoms. The fourth-order valence-corrected chi connectivity index (χ4v) is 4.18. The largest absolute Gasteiger partial charge is 0.357 e. The summed E-state index contributed by atoms with van der Waals surface area (Å²) < 4.78 is 0. The van der Waals surface area contributed by atoms with Crippen molar-refractivity contribution in [2.75, 3.05) is 31.1 Å². The summed E-state index contributed by atoms with van der Waals surface area (Å²) in [5.41, 5.74) is 0.630. The smallest absolute Gasteiger partial charge is 0.255 e. The highest BCUT2D eigenvalue weighted by Crippen LogP contribution is 2.23. The number of piperidine rings is 1. The number of likely N-dealkylation sites (tertiary alicyclic amines) is 1. The second-order valence-corrected chi connectivity index (χ2v) is 8.46. The van der Waals surface area contributed by atoms with Crippen LogP contribution in [0.15, 0.2) is 18.3 Å². The first-order valence-electron chi connectivity index (χ1n) is 10.6. The first-order valence-corrected chi connectivity index (χ1v) is 10.6. The van der Waals surface area contributed by atoms with Crippen molar-refractivity contribution in [3.8, 4) is 0 Å². The molecule has 5 heteroatoms. The standard InChI is InChI=1S/C22H33N3O2/c1-17(2)14-20(26)19-8-7-13-25(16-19)22(27)18-9-10-21(23-15-18)24-11-5-3-4-6-12-24/h9-10,15,17,19H,3-8,11-14,16H2,1-2H3/t19-/m0/s1. The van der Waals surface area contributed by atoms with Gasteiger partial charge in [-0.15, -0.1) is 0 Å². The Morgan fingerprint density at radius 1 is 1.07 bits per heavy atom. The van der Waals surface area contributed by atoms with E-state index in [1.54, 1.807) is 6.20 Å². The molecule has 0 spiro atoms. The highest BCUT2D eigenvalue weighted by atomic mass is 16.2. The zero-order valence-electron chi connectivity index (χ0n) is 16.8. The molecule has 1 atom stereocenters. The molecule has 0 N–H and O–H groups in total. The van der Waals surface area contributed by atoms with Gasteiger partial charge in [0, 0.05) is 44.7 Å². The van der Waals surface area contributed by atoms with Crippen molar-refractivity contribution in [2.45, 2.75) is 58.8 Å². The van der Waals surface area contributed by atoms with Gasteiger partial charge >= 0.3 is 0 Å². The fourth-order valence-electron chi connectivity index (χ4n) is 4.18. The number of Topliss-reactive ketones (excluding diaryl/α,β-unsaturated/α-hetero) is 1. The SMILES string of the molecule is CC(C)CC(=O)[C@H]1CCCN(C(=O)c2ccc(N3CCCCCC3)nc2)C1. The van der Waals surface area contributed by atoms with Crippen LogP contribution in [0.4, 0.5) is 5.82 Å². The van der Waals surface area contributed by atoms with Gasteiger partial charge in [0.05, 0.1) is 5.56 Å². The molecule has 2 saturated heterocycles. The average Bonchev–Trinajstić information content (AvgIpc) is 2.97. The minimum Gasteiger partial charge on any atom is -0.357 e. The Morgan fingerprint density at radius 2 is 1.81 bits per heavy atom. The van der Waals surface area contributed by atoms with Gasteiger partial charge in [0.15, 0.2) is 0 Å². The Kier molecular flexibility index (Phi) is 6.86. The molecule has 2 aliphatic heterocycles. The normalized spacial score (nSPS) is 21.2. The summed E-state index contributed by atoms with van der Waals surface area (Å²) in [5.74, 6) is 1.65. The van der Waals surface area contributed by atoms with Gasteiger partial charge in [0.2, 0.25) is 0 Å². The molecule has 148 valence electrons. The van der Waals surface area contributed by atoms with E-state index < -0.39 is 0 Å². The van der Waals surface area contributed by atoms with Crippen molar-refractivity contribution in [2.24, 2.45) is 11.8 Å². The summed E-state index contributed by atoms with van der Waals surface area (Å²) in [7, 11) is 0. The number of anilines is 1. The zero-order chi connectivity index (χ0) is 19.2. The van der Waals surface area contributed by atoms with E-state index in [0.29, 0.717) is 30.2 Å². The molecule has 3 rings (SSSR count). The lowest BCUT2D eigenvalue weighted by Crippen LogP contribution is -2.42. The van der Waals surface area contributed by atoms with E-state index in [1.165, 1.54) is 25.7 Å². The van der Waals surface area contributed by atoms with E-state index in [1.807, 2.05) is 17.0 Å². The monoisotopic (exact) mass is 371 g/mol. The molecular formula is C22H33N3O2. The van der Waals surface area contributed by atoms with Crippen LogP contribution in [-0.2, 0) is 4.79 Å². The Hall–Kier alpha value is -1.91. The van der Waals surface area contributed by atoms with Crippen LogP contribution in [0, 0.1) is 11.8 Å². The number of carbonyl (C=O) groups is 2. The molecule has 0 saturated carbocycles. The summed E-state index contributed by atoms with van der Waals surface area (Å²) in [5, 5.41) is 0. The van der Waals surface area contributed by atoms with Crippen LogP contribution in [0.2, 0.25) is 0 Å². The Balaban J connectivity index is 1.62. The molecule has 0 radical (unpaired) electrons. The first-order chi connectivity index (χ1) is 13.0. The summed E-state index contributed by atoms with van der Waals surface area (Å²) in [6, 6.07) is 3.87. The van der Waals surface area contributed by atoms with E-state index in [0.717, 1.165) is 38.3 Å². The molecule has 3 heterocycles. The Bertz CT molecular complexity index is 633. The predicted molar refractivity (Wildman–Crippen MR) is 108 cm³/mol. The van der Waals surface area contributed by atoms with Crippen molar-refractivity contribution in [3.05, 3.63) is 23.9 Å². The van der Waals surface area contributed by atoms with Gasteiger partial charge in [0.25, 0.3) is 5.91 Å². The molecule has 0 aromatic carbocycles. The van der Waals surface area contributed by atoms with Gasteiger partial charge in [-0.2, -0.15) is 0 Å². The number of aromatic nitrogens is 1. The third kappa shape index (κ3) is 5.30. The van der Waals surface area contributed by atoms with Gasteiger partial charge in [-0.25, -0.2) is 4.98 Å². The molecule has 1 aromatic rings. The van der Waals surface area contributed by atoms with E-state index in [9.17, 15) is 9.59 Å². The summed E-state index contributed by atoms with van der Waals surface area (Å²) in [4.78, 5) is 34.0. The van der Waals surface area contributed by atoms with Gasteiger partial charge < -0.3 is 9.80 Å². The number of carbonyl (C=O) groups excluding carboxylic acids is 2. The van der Waals surface area contributed by atoms with Crippen LogP contribution in [-0.4, -0.2) is 47.8 Å². The fraction of sp³-hybridized carbons (Fsp3) is 0.682. The number of pyridine rings is 1. The molecule has 27 heavy (non-hydrogen) atoms. The van der Waals surface area contributed by atoms with E-state index in [-0.39, 0.29) is 11.8 Å². The second-order valence-electron chi connectivity index (χ2n) is 8.46. The number of hydrogen-bond acceptors (Lipinski definition) is 4. The van der Waals surface area contributed by atoms with Crippen molar-refractivity contribution in [1.29, 1.82) is 0 Å². The molecule has 0 unspecified atom stereocenters. The summed E-state index contributed by atoms with van der Waals surface area (Å²) in [6.07, 6.45) is 9.13. The maximum atomic E-state index is 12.9. The van der Waals surface area contributed by atoms with Crippen LogP contribution in [0.5, 0.6) is 0 Å². The molecule has 1 amide bonds. The molecule has 0 aliphatic carbocycles. The minimum atomic E-state index is -0.00516. The van der Waals surface area contributed by atoms with Crippen LogP contribution in [0.3, 0.4) is 0 Å². The van der Waals surface area contributed by atoms with Crippen molar-refractivity contribution in [3.63, 3.8) is 0 Å². The van der Waals surface area contributed by atoms with Crippen LogP contribution < -0.4 is 4.90 Å². The first kappa shape index (κ1) is 19.8. The summed E-state index contributed by atoms with van der Waals surface area (Å²) in [6.45, 7) is 7.52. The number of ketones is 1. The second kappa shape index (κ2) is 9.34. The lowest BCUT2D eigenvalue weighted by Gasteiger charge is -2.32. The number of rotatable bonds is 5. The predicted octanol–water partition coefficient (Wildman–Crippen LogP) is 3.93. The molecular weight excluding hydrogens is 338 g/mol. The third-order valence-corrected chi connectivity index (χ3v) is 5.70. The van der Waals surface area contributed by atoms with Crippen LogP contribution in [0.1, 0.15) is 69.2 Å². The third-order valence-electron chi connectivity index (χ3n) is 5.70. The minimum absolute atomic E-state index is 0.00516. The Morgan fingerprint density at radius 3 is 2.44 bits per heavy atom. The van der Waals surface area contributed by atoms with E-state index >= 15 is 0 Å². The van der Waals surface area contributed by atoms with Gasteiger partial charge in [0.1, 0.15) is 11.6 Å². The number of nitrogens with zero attached hydrogens (tertiary/aromatic N) is 3. The number of hydrogen-bond donors (Lipinski definition) is 0. The summed E-state index contributed by atoms with van der Waals surface area (Å²) >= 11 is 0. The quantitative estimate of drug-likeness (QED) is 0.787. The van der Waals surface area contributed by atoms with Crippen molar-refractivity contribution in [1.82, 2.24) is 9.88 Å². The number of amides is 1. The lowest BCUT2D eigenvalue weighted by molar-refractivity contribution is -0.124. The molecule has 5 nitrogen and oxygen atoms in total. The van der Waals surface area contributed by atoms with Gasteiger partial charge in [-0.1, -0.05) is 26.7 Å². The maximum absolute atomic E-state index is 12.9. The highest BCUT2D eigenvalue weighted by molar-refractivity contribution is 5.94. The molecule has 2 fully saturated rings. The molecule has 2 aliphatic rings. The topological polar surface area (TPSA) is 53.5 Å². The zero-order valence-corrected chi connectivity index (χ0v) is 16.8. The highest BCUT2D eigenvalue weighted by Gasteiger charge is 2.29.